The van der Waals surface area contributed by atoms with Gasteiger partial charge in [-0.2, -0.15) is 0 Å². The highest BCUT2D eigenvalue weighted by Gasteiger charge is 2.08. The number of nitrogen functional groups attached to an aromatic ring is 1. The summed E-state index contributed by atoms with van der Waals surface area (Å²) < 4.78 is 0. The van der Waals surface area contributed by atoms with E-state index >= 15 is 0 Å². The second kappa shape index (κ2) is 5.87. The van der Waals surface area contributed by atoms with Crippen molar-refractivity contribution in [1.82, 2.24) is 9.97 Å². The van der Waals surface area contributed by atoms with E-state index in [1.54, 1.807) is 18.0 Å². The Kier molecular flexibility index (Phi) is 4.20. The molecule has 3 nitrogen and oxygen atoms in total. The molecule has 2 aromatic rings. The summed E-state index contributed by atoms with van der Waals surface area (Å²) in [5, 5.41) is 0. The molecule has 0 spiro atoms. The Bertz CT molecular complexity index is 512. The third-order valence-corrected chi connectivity index (χ3v) is 3.56. The van der Waals surface area contributed by atoms with Gasteiger partial charge in [0.25, 0.3) is 0 Å². The second-order valence-electron chi connectivity index (χ2n) is 4.38. The normalized spacial score (nSPS) is 10.8. The first-order chi connectivity index (χ1) is 8.66. The Hall–Kier alpha value is -1.55. The van der Waals surface area contributed by atoms with E-state index in [0.29, 0.717) is 11.6 Å². The Morgan fingerprint density at radius 3 is 2.61 bits per heavy atom. The summed E-state index contributed by atoms with van der Waals surface area (Å²) in [4.78, 5) is 10.0. The van der Waals surface area contributed by atoms with Gasteiger partial charge in [0, 0.05) is 4.90 Å². The third kappa shape index (κ3) is 3.23. The van der Waals surface area contributed by atoms with E-state index in [1.165, 1.54) is 4.90 Å². The minimum absolute atomic E-state index is 0.327. The zero-order valence-electron chi connectivity index (χ0n) is 10.6. The topological polar surface area (TPSA) is 51.8 Å². The van der Waals surface area contributed by atoms with Gasteiger partial charge in [-0.15, -0.1) is 11.8 Å². The fraction of sp³-hybridized carbons (Fsp3) is 0.286. The number of nitrogens with zero attached hydrogens (tertiary/aromatic N) is 2. The van der Waals surface area contributed by atoms with Gasteiger partial charge in [0.15, 0.2) is 0 Å². The standard InChI is InChI=1S/C14H17N3S/c1-10(2)14-12(15)8-16-13(17-14)9-18-11-6-4-3-5-7-11/h3-8,10H,9,15H2,1-2H3. The number of benzene rings is 1. The minimum Gasteiger partial charge on any atom is -0.396 e. The number of rotatable bonds is 4. The lowest BCUT2D eigenvalue weighted by molar-refractivity contribution is 0.804. The molecule has 0 unspecified atom stereocenters. The SMILES string of the molecule is CC(C)c1nc(CSc2ccccc2)ncc1N. The lowest BCUT2D eigenvalue weighted by Crippen LogP contribution is -2.04. The molecule has 4 heteroatoms. The van der Waals surface area contributed by atoms with E-state index in [4.69, 9.17) is 5.73 Å². The van der Waals surface area contributed by atoms with Crippen molar-refractivity contribution in [3.05, 3.63) is 48.0 Å². The summed E-state index contributed by atoms with van der Waals surface area (Å²) in [6.07, 6.45) is 1.71. The number of hydrogen-bond donors (Lipinski definition) is 1. The van der Waals surface area contributed by atoms with Crippen LogP contribution >= 0.6 is 11.8 Å². The largest absolute Gasteiger partial charge is 0.396 e. The molecule has 2 N–H and O–H groups in total. The van der Waals surface area contributed by atoms with Crippen LogP contribution in [0.15, 0.2) is 41.4 Å². The molecular weight excluding hydrogens is 242 g/mol. The van der Waals surface area contributed by atoms with Gasteiger partial charge in [-0.1, -0.05) is 32.0 Å². The van der Waals surface area contributed by atoms with Crippen LogP contribution in [0, 0.1) is 0 Å². The summed E-state index contributed by atoms with van der Waals surface area (Å²) in [6, 6.07) is 10.3. The first-order valence-electron chi connectivity index (χ1n) is 5.96. The van der Waals surface area contributed by atoms with Crippen molar-refractivity contribution in [3.63, 3.8) is 0 Å². The fourth-order valence-electron chi connectivity index (χ4n) is 1.64. The van der Waals surface area contributed by atoms with Crippen molar-refractivity contribution in [2.75, 3.05) is 5.73 Å². The molecule has 0 atom stereocenters. The summed E-state index contributed by atoms with van der Waals surface area (Å²) in [5.74, 6) is 1.93. The molecule has 1 aromatic heterocycles. The zero-order chi connectivity index (χ0) is 13.0. The van der Waals surface area contributed by atoms with Crippen LogP contribution in [0.3, 0.4) is 0 Å². The molecule has 0 amide bonds. The number of nitrogens with two attached hydrogens (primary N) is 1. The Labute approximate surface area is 112 Å². The molecule has 94 valence electrons. The van der Waals surface area contributed by atoms with Gasteiger partial charge in [0.2, 0.25) is 0 Å². The molecule has 0 aliphatic carbocycles. The molecule has 1 heterocycles. The van der Waals surface area contributed by atoms with E-state index in [-0.39, 0.29) is 0 Å². The van der Waals surface area contributed by atoms with Crippen LogP contribution in [0.2, 0.25) is 0 Å². The lowest BCUT2D eigenvalue weighted by Gasteiger charge is -2.09. The molecule has 0 saturated carbocycles. The minimum atomic E-state index is 0.327. The summed E-state index contributed by atoms with van der Waals surface area (Å²) in [6.45, 7) is 4.18. The summed E-state index contributed by atoms with van der Waals surface area (Å²) in [5.41, 5.74) is 7.48. The van der Waals surface area contributed by atoms with Gasteiger partial charge in [-0.3, -0.25) is 0 Å². The van der Waals surface area contributed by atoms with Crippen LogP contribution in [0.25, 0.3) is 0 Å². The van der Waals surface area contributed by atoms with Gasteiger partial charge in [-0.25, -0.2) is 9.97 Å². The van der Waals surface area contributed by atoms with Crippen LogP contribution in [-0.4, -0.2) is 9.97 Å². The molecule has 0 fully saturated rings. The number of aromatic nitrogens is 2. The number of thioether (sulfide) groups is 1. The zero-order valence-corrected chi connectivity index (χ0v) is 11.4. The first-order valence-corrected chi connectivity index (χ1v) is 6.94. The van der Waals surface area contributed by atoms with Crippen molar-refractivity contribution in [2.24, 2.45) is 0 Å². The molecule has 0 aliphatic heterocycles. The Balaban J connectivity index is 2.08. The maximum Gasteiger partial charge on any atom is 0.138 e. The van der Waals surface area contributed by atoms with Crippen molar-refractivity contribution >= 4 is 17.4 Å². The van der Waals surface area contributed by atoms with E-state index in [0.717, 1.165) is 17.3 Å². The maximum absolute atomic E-state index is 5.87. The van der Waals surface area contributed by atoms with Crippen LogP contribution in [0.5, 0.6) is 0 Å². The molecule has 0 radical (unpaired) electrons. The average molecular weight is 259 g/mol. The van der Waals surface area contributed by atoms with E-state index < -0.39 is 0 Å². The molecule has 0 bridgehead atoms. The van der Waals surface area contributed by atoms with E-state index in [9.17, 15) is 0 Å². The van der Waals surface area contributed by atoms with Crippen LogP contribution in [0.4, 0.5) is 5.69 Å². The highest BCUT2D eigenvalue weighted by molar-refractivity contribution is 7.98. The summed E-state index contributed by atoms with van der Waals surface area (Å²) >= 11 is 1.73. The Morgan fingerprint density at radius 1 is 1.22 bits per heavy atom. The van der Waals surface area contributed by atoms with Gasteiger partial charge in [-0.05, 0) is 18.1 Å². The average Bonchev–Trinajstić information content (AvgIpc) is 2.38. The van der Waals surface area contributed by atoms with Gasteiger partial charge < -0.3 is 5.73 Å². The van der Waals surface area contributed by atoms with E-state index in [1.807, 2.05) is 18.2 Å². The predicted molar refractivity (Wildman–Crippen MR) is 76.5 cm³/mol. The molecular formula is C14H17N3S. The van der Waals surface area contributed by atoms with E-state index in [2.05, 4.69) is 35.9 Å². The number of hydrogen-bond acceptors (Lipinski definition) is 4. The van der Waals surface area contributed by atoms with Gasteiger partial charge in [0.1, 0.15) is 5.82 Å². The Morgan fingerprint density at radius 2 is 1.94 bits per heavy atom. The first kappa shape index (κ1) is 12.9. The van der Waals surface area contributed by atoms with Crippen molar-refractivity contribution in [1.29, 1.82) is 0 Å². The summed E-state index contributed by atoms with van der Waals surface area (Å²) in [7, 11) is 0. The van der Waals surface area contributed by atoms with Crippen LogP contribution in [0.1, 0.15) is 31.3 Å². The van der Waals surface area contributed by atoms with Crippen LogP contribution in [-0.2, 0) is 5.75 Å². The van der Waals surface area contributed by atoms with Crippen molar-refractivity contribution < 1.29 is 0 Å². The van der Waals surface area contributed by atoms with Crippen molar-refractivity contribution in [3.8, 4) is 0 Å². The smallest absolute Gasteiger partial charge is 0.138 e. The third-order valence-electron chi connectivity index (χ3n) is 2.56. The van der Waals surface area contributed by atoms with Crippen LogP contribution < -0.4 is 5.73 Å². The highest BCUT2D eigenvalue weighted by Crippen LogP contribution is 2.23. The fourth-order valence-corrected chi connectivity index (χ4v) is 2.42. The quantitative estimate of drug-likeness (QED) is 0.854. The highest BCUT2D eigenvalue weighted by atomic mass is 32.2. The van der Waals surface area contributed by atoms with Crippen molar-refractivity contribution in [2.45, 2.75) is 30.4 Å². The molecule has 0 aliphatic rings. The molecule has 18 heavy (non-hydrogen) atoms. The van der Waals surface area contributed by atoms with Gasteiger partial charge in [0.05, 0.1) is 23.3 Å². The predicted octanol–water partition coefficient (Wildman–Crippen LogP) is 3.47. The molecule has 0 saturated heterocycles. The molecule has 2 rings (SSSR count). The maximum atomic E-state index is 5.87. The lowest BCUT2D eigenvalue weighted by atomic mass is 10.1. The monoisotopic (exact) mass is 259 g/mol. The second-order valence-corrected chi connectivity index (χ2v) is 5.43. The number of anilines is 1. The van der Waals surface area contributed by atoms with Gasteiger partial charge >= 0.3 is 0 Å². The molecule has 1 aromatic carbocycles.